The molecule has 1 saturated heterocycles. The lowest BCUT2D eigenvalue weighted by Crippen LogP contribution is -2.35. The summed E-state index contributed by atoms with van der Waals surface area (Å²) >= 11 is 0. The molecule has 1 fully saturated rings. The van der Waals surface area contributed by atoms with Crippen LogP contribution >= 0.6 is 0 Å². The van der Waals surface area contributed by atoms with E-state index in [1.807, 2.05) is 54.8 Å². The van der Waals surface area contributed by atoms with Crippen LogP contribution in [0.5, 0.6) is 5.75 Å². The minimum atomic E-state index is -3.64. The molecule has 37 heavy (non-hydrogen) atoms. The lowest BCUT2D eigenvalue weighted by atomic mass is 10.1. The highest BCUT2D eigenvalue weighted by Crippen LogP contribution is 2.26. The lowest BCUT2D eigenvalue weighted by Gasteiger charge is -2.26. The molecule has 1 N–H and O–H groups in total. The van der Waals surface area contributed by atoms with Crippen molar-refractivity contribution in [2.24, 2.45) is 0 Å². The van der Waals surface area contributed by atoms with Gasteiger partial charge in [0.15, 0.2) is 0 Å². The van der Waals surface area contributed by atoms with E-state index in [9.17, 15) is 18.5 Å². The molecule has 1 aliphatic heterocycles. The first-order chi connectivity index (χ1) is 17.7. The summed E-state index contributed by atoms with van der Waals surface area (Å²) in [6.07, 6.45) is 4.25. The zero-order valence-electron chi connectivity index (χ0n) is 21.2. The number of nitrogens with zero attached hydrogens (tertiary/aromatic N) is 3. The van der Waals surface area contributed by atoms with E-state index in [2.05, 4.69) is 5.32 Å². The molecule has 0 bridgehead atoms. The van der Waals surface area contributed by atoms with E-state index in [0.29, 0.717) is 18.8 Å². The Morgan fingerprint density at radius 3 is 2.41 bits per heavy atom. The first-order valence-corrected chi connectivity index (χ1v) is 13.6. The molecule has 1 aliphatic rings. The normalized spacial score (nSPS) is 14.7. The van der Waals surface area contributed by atoms with Gasteiger partial charge in [-0.05, 0) is 86.9 Å². The van der Waals surface area contributed by atoms with Gasteiger partial charge in [-0.2, -0.15) is 9.57 Å². The van der Waals surface area contributed by atoms with E-state index in [-0.39, 0.29) is 10.5 Å². The fourth-order valence-corrected chi connectivity index (χ4v) is 6.12. The van der Waals surface area contributed by atoms with Crippen LogP contribution in [0.2, 0.25) is 0 Å². The van der Waals surface area contributed by atoms with Crippen LogP contribution in [0.25, 0.3) is 11.8 Å². The van der Waals surface area contributed by atoms with E-state index < -0.39 is 15.9 Å². The number of carbonyl (C=O) groups excluding carboxylic acids is 1. The number of nitrogens with one attached hydrogen (secondary N) is 1. The number of hydrogen-bond donors (Lipinski definition) is 1. The predicted molar refractivity (Wildman–Crippen MR) is 143 cm³/mol. The monoisotopic (exact) mass is 518 g/mol. The molecule has 0 atom stereocenters. The number of carbonyl (C=O) groups is 1. The number of methoxy groups -OCH3 is 1. The third-order valence-corrected chi connectivity index (χ3v) is 8.41. The van der Waals surface area contributed by atoms with Gasteiger partial charge >= 0.3 is 0 Å². The smallest absolute Gasteiger partial charge is 0.266 e. The maximum atomic E-state index is 13.0. The van der Waals surface area contributed by atoms with Crippen molar-refractivity contribution in [1.82, 2.24) is 8.87 Å². The Morgan fingerprint density at radius 1 is 1.05 bits per heavy atom. The zero-order valence-corrected chi connectivity index (χ0v) is 22.0. The average molecular weight is 519 g/mol. The summed E-state index contributed by atoms with van der Waals surface area (Å²) in [6.45, 7) is 4.87. The highest BCUT2D eigenvalue weighted by atomic mass is 32.2. The molecule has 1 aromatic heterocycles. The lowest BCUT2D eigenvalue weighted by molar-refractivity contribution is -0.112. The maximum absolute atomic E-state index is 13.0. The molecule has 0 aliphatic carbocycles. The molecule has 192 valence electrons. The Kier molecular flexibility index (Phi) is 7.81. The van der Waals surface area contributed by atoms with Gasteiger partial charge in [-0.25, -0.2) is 8.42 Å². The molecule has 0 radical (unpaired) electrons. The van der Waals surface area contributed by atoms with E-state index >= 15 is 0 Å². The van der Waals surface area contributed by atoms with Gasteiger partial charge in [-0.15, -0.1) is 0 Å². The van der Waals surface area contributed by atoms with Gasteiger partial charge in [0.25, 0.3) is 5.91 Å². The third kappa shape index (κ3) is 5.61. The van der Waals surface area contributed by atoms with Gasteiger partial charge in [0, 0.05) is 35.9 Å². The van der Waals surface area contributed by atoms with Crippen LogP contribution in [0.3, 0.4) is 0 Å². The summed E-state index contributed by atoms with van der Waals surface area (Å²) in [5, 5.41) is 12.4. The molecular weight excluding hydrogens is 488 g/mol. The number of amides is 1. The minimum absolute atomic E-state index is 0.0840. The van der Waals surface area contributed by atoms with Crippen LogP contribution in [-0.2, 0) is 14.8 Å². The Bertz CT molecular complexity index is 1480. The Hall–Kier alpha value is -3.87. The van der Waals surface area contributed by atoms with Gasteiger partial charge in [0.2, 0.25) is 10.0 Å². The highest BCUT2D eigenvalue weighted by molar-refractivity contribution is 7.89. The van der Waals surface area contributed by atoms with Gasteiger partial charge < -0.3 is 14.6 Å². The molecule has 0 saturated carbocycles. The van der Waals surface area contributed by atoms with Crippen molar-refractivity contribution in [2.45, 2.75) is 38.0 Å². The van der Waals surface area contributed by atoms with Crippen molar-refractivity contribution >= 4 is 27.7 Å². The number of anilines is 1. The highest BCUT2D eigenvalue weighted by Gasteiger charge is 2.26. The molecule has 4 rings (SSSR count). The first-order valence-electron chi connectivity index (χ1n) is 12.1. The first kappa shape index (κ1) is 26.2. The van der Waals surface area contributed by atoms with E-state index in [4.69, 9.17) is 4.74 Å². The quantitative estimate of drug-likeness (QED) is 0.357. The fraction of sp³-hybridized carbons (Fsp3) is 0.286. The number of rotatable bonds is 7. The van der Waals surface area contributed by atoms with Crippen LogP contribution in [0.15, 0.2) is 65.1 Å². The number of ether oxygens (including phenoxy) is 1. The SMILES string of the molecule is COc1ccc(-n2c(C)cc(/C=C(\C#N)C(=O)Nc3cccc(S(=O)(=O)N4CCCCC4)c3)c2C)cc1. The number of aryl methyl sites for hydroxylation is 1. The van der Waals surface area contributed by atoms with Gasteiger partial charge in [-0.1, -0.05) is 12.5 Å². The molecule has 1 amide bonds. The molecular formula is C28H30N4O4S. The number of hydrogen-bond acceptors (Lipinski definition) is 5. The molecule has 8 nitrogen and oxygen atoms in total. The van der Waals surface area contributed by atoms with Gasteiger partial charge in [-0.3, -0.25) is 4.79 Å². The van der Waals surface area contributed by atoms with Crippen molar-refractivity contribution in [2.75, 3.05) is 25.5 Å². The molecule has 2 heterocycles. The summed E-state index contributed by atoms with van der Waals surface area (Å²) in [5.41, 5.74) is 3.72. The number of nitriles is 1. The fourth-order valence-electron chi connectivity index (χ4n) is 4.55. The second kappa shape index (κ2) is 11.0. The van der Waals surface area contributed by atoms with Crippen LogP contribution in [0.1, 0.15) is 36.2 Å². The van der Waals surface area contributed by atoms with E-state index in [1.165, 1.54) is 16.4 Å². The third-order valence-electron chi connectivity index (χ3n) is 6.51. The average Bonchev–Trinajstić information content (AvgIpc) is 3.20. The molecule has 0 unspecified atom stereocenters. The number of sulfonamides is 1. The second-order valence-corrected chi connectivity index (χ2v) is 10.9. The summed E-state index contributed by atoms with van der Waals surface area (Å²) in [6, 6.07) is 17.7. The maximum Gasteiger partial charge on any atom is 0.266 e. The van der Waals surface area contributed by atoms with Crippen LogP contribution < -0.4 is 10.1 Å². The summed E-state index contributed by atoms with van der Waals surface area (Å²) in [5.74, 6) is 0.145. The molecule has 3 aromatic rings. The van der Waals surface area contributed by atoms with Crippen LogP contribution in [0, 0.1) is 25.2 Å². The topological polar surface area (TPSA) is 104 Å². The molecule has 9 heteroatoms. The number of aromatic nitrogens is 1. The largest absolute Gasteiger partial charge is 0.497 e. The van der Waals surface area contributed by atoms with Crippen LogP contribution in [0.4, 0.5) is 5.69 Å². The Morgan fingerprint density at radius 2 is 1.76 bits per heavy atom. The summed E-state index contributed by atoms with van der Waals surface area (Å²) < 4.78 is 34.8. The van der Waals surface area contributed by atoms with Crippen molar-refractivity contribution in [3.63, 3.8) is 0 Å². The Labute approximate surface area is 217 Å². The van der Waals surface area contributed by atoms with E-state index in [0.717, 1.165) is 47.7 Å². The van der Waals surface area contributed by atoms with Gasteiger partial charge in [0.1, 0.15) is 17.4 Å². The minimum Gasteiger partial charge on any atom is -0.497 e. The van der Waals surface area contributed by atoms with E-state index in [1.54, 1.807) is 25.3 Å². The molecule has 2 aromatic carbocycles. The zero-order chi connectivity index (χ0) is 26.6. The van der Waals surface area contributed by atoms with Crippen molar-refractivity contribution in [3.8, 4) is 17.5 Å². The van der Waals surface area contributed by atoms with Crippen molar-refractivity contribution in [3.05, 3.63) is 77.1 Å². The summed E-state index contributed by atoms with van der Waals surface area (Å²) in [7, 11) is -2.03. The predicted octanol–water partition coefficient (Wildman–Crippen LogP) is 4.82. The number of benzene rings is 2. The van der Waals surface area contributed by atoms with Crippen LogP contribution in [-0.4, -0.2) is 43.4 Å². The van der Waals surface area contributed by atoms with Crippen molar-refractivity contribution < 1.29 is 17.9 Å². The summed E-state index contributed by atoms with van der Waals surface area (Å²) in [4.78, 5) is 13.1. The molecule has 0 spiro atoms. The standard InChI is InChI=1S/C28H30N4O4S/c1-20-16-22(21(2)32(20)25-10-12-26(36-3)13-11-25)17-23(19-29)28(33)30-24-8-7-9-27(18-24)37(34,35)31-14-5-4-6-15-31/h7-13,16-18H,4-6,14-15H2,1-3H3,(H,30,33)/b23-17+. The number of piperidine rings is 1. The van der Waals surface area contributed by atoms with Crippen molar-refractivity contribution in [1.29, 1.82) is 5.26 Å². The Balaban J connectivity index is 1.57. The van der Waals surface area contributed by atoms with Gasteiger partial charge in [0.05, 0.1) is 12.0 Å². The second-order valence-electron chi connectivity index (χ2n) is 8.98.